The molecule has 0 atom stereocenters. The molecule has 1 heterocycles. The van der Waals surface area contributed by atoms with Crippen LogP contribution in [-0.2, 0) is 16.9 Å². The van der Waals surface area contributed by atoms with Gasteiger partial charge in [0.15, 0.2) is 9.84 Å². The highest BCUT2D eigenvalue weighted by molar-refractivity contribution is 7.92. The molecular weight excluding hydrogens is 268 g/mol. The number of hydrogen-bond acceptors (Lipinski definition) is 4. The Balaban J connectivity index is 2.82. The number of nitrogens with one attached hydrogen (secondary N) is 1. The molecule has 0 radical (unpaired) electrons. The van der Waals surface area contributed by atoms with Crippen LogP contribution in [0.25, 0.3) is 0 Å². The zero-order chi connectivity index (χ0) is 14.8. The highest BCUT2D eigenvalue weighted by atomic mass is 32.2. The first-order valence-corrected chi connectivity index (χ1v) is 7.58. The van der Waals surface area contributed by atoms with Gasteiger partial charge in [0, 0.05) is 37.7 Å². The van der Waals surface area contributed by atoms with Crippen molar-refractivity contribution in [2.24, 2.45) is 7.05 Å². The zero-order valence-corrected chi connectivity index (χ0v) is 12.2. The second-order valence-electron chi connectivity index (χ2n) is 5.08. The molecule has 0 aliphatic carbocycles. The number of carbonyl (C=O) groups is 1. The highest BCUT2D eigenvalue weighted by Crippen LogP contribution is 2.13. The first kappa shape index (κ1) is 15.4. The fourth-order valence-electron chi connectivity index (χ4n) is 1.22. The lowest BCUT2D eigenvalue weighted by atomic mass is 10.2. The van der Waals surface area contributed by atoms with Gasteiger partial charge in [0.05, 0.1) is 4.75 Å². The standard InChI is InChI=1S/C12H18N2O4S/c1-12(2,19(4,17)18)8-13-11(16)9-5-6-14(3)10(15)7-9/h5-7H,8H2,1-4H3,(H,13,16). The Morgan fingerprint density at radius 1 is 1.42 bits per heavy atom. The summed E-state index contributed by atoms with van der Waals surface area (Å²) in [7, 11) is -1.70. The van der Waals surface area contributed by atoms with Gasteiger partial charge in [0.1, 0.15) is 0 Å². The number of rotatable bonds is 4. The zero-order valence-electron chi connectivity index (χ0n) is 11.4. The van der Waals surface area contributed by atoms with Gasteiger partial charge >= 0.3 is 0 Å². The van der Waals surface area contributed by atoms with Crippen LogP contribution in [0.2, 0.25) is 0 Å². The third-order valence-electron chi connectivity index (χ3n) is 3.04. The Labute approximate surface area is 112 Å². The van der Waals surface area contributed by atoms with Gasteiger partial charge in [-0.25, -0.2) is 8.42 Å². The van der Waals surface area contributed by atoms with E-state index in [1.165, 1.54) is 36.7 Å². The van der Waals surface area contributed by atoms with Crippen LogP contribution in [-0.4, -0.2) is 36.4 Å². The summed E-state index contributed by atoms with van der Waals surface area (Å²) < 4.78 is 23.3. The highest BCUT2D eigenvalue weighted by Gasteiger charge is 2.30. The van der Waals surface area contributed by atoms with Crippen LogP contribution >= 0.6 is 0 Å². The number of nitrogens with zero attached hydrogens (tertiary/aromatic N) is 1. The maximum absolute atomic E-state index is 11.8. The maximum atomic E-state index is 11.8. The molecule has 1 rings (SSSR count). The molecule has 0 aromatic carbocycles. The van der Waals surface area contributed by atoms with Gasteiger partial charge in [0.2, 0.25) is 0 Å². The van der Waals surface area contributed by atoms with E-state index >= 15 is 0 Å². The molecular formula is C12H18N2O4S. The second kappa shape index (κ2) is 5.16. The van der Waals surface area contributed by atoms with E-state index in [9.17, 15) is 18.0 Å². The van der Waals surface area contributed by atoms with Crippen molar-refractivity contribution < 1.29 is 13.2 Å². The summed E-state index contributed by atoms with van der Waals surface area (Å²) in [6, 6.07) is 2.72. The lowest BCUT2D eigenvalue weighted by Crippen LogP contribution is -2.43. The quantitative estimate of drug-likeness (QED) is 0.840. The molecule has 1 amide bonds. The van der Waals surface area contributed by atoms with E-state index in [1.807, 2.05) is 0 Å². The molecule has 6 nitrogen and oxygen atoms in total. The summed E-state index contributed by atoms with van der Waals surface area (Å²) in [5.74, 6) is -0.463. The Kier molecular flexibility index (Phi) is 4.19. The number of aryl methyl sites for hydroxylation is 1. The summed E-state index contributed by atoms with van der Waals surface area (Å²) in [6.45, 7) is 3.05. The van der Waals surface area contributed by atoms with Gasteiger partial charge in [-0.15, -0.1) is 0 Å². The van der Waals surface area contributed by atoms with Crippen LogP contribution in [0.15, 0.2) is 23.1 Å². The van der Waals surface area contributed by atoms with Crippen molar-refractivity contribution >= 4 is 15.7 Å². The number of aromatic nitrogens is 1. The minimum atomic E-state index is -3.28. The fraction of sp³-hybridized carbons (Fsp3) is 0.500. The lowest BCUT2D eigenvalue weighted by molar-refractivity contribution is 0.0950. The van der Waals surface area contributed by atoms with Crippen LogP contribution in [0, 0.1) is 0 Å². The Morgan fingerprint density at radius 2 is 2.00 bits per heavy atom. The minimum absolute atomic E-state index is 0.0140. The molecule has 7 heteroatoms. The molecule has 0 saturated heterocycles. The van der Waals surface area contributed by atoms with Crippen LogP contribution < -0.4 is 10.9 Å². The first-order chi connectivity index (χ1) is 8.54. The molecule has 0 aliphatic heterocycles. The monoisotopic (exact) mass is 286 g/mol. The Morgan fingerprint density at radius 3 is 2.47 bits per heavy atom. The number of amides is 1. The number of hydrogen-bond donors (Lipinski definition) is 1. The molecule has 1 N–H and O–H groups in total. The van der Waals surface area contributed by atoms with Crippen molar-refractivity contribution in [1.82, 2.24) is 9.88 Å². The topological polar surface area (TPSA) is 85.2 Å². The first-order valence-electron chi connectivity index (χ1n) is 5.69. The van der Waals surface area contributed by atoms with Crippen molar-refractivity contribution in [2.75, 3.05) is 12.8 Å². The predicted molar refractivity (Wildman–Crippen MR) is 72.9 cm³/mol. The van der Waals surface area contributed by atoms with E-state index in [0.29, 0.717) is 0 Å². The summed E-state index contributed by atoms with van der Waals surface area (Å²) >= 11 is 0. The van der Waals surface area contributed by atoms with Crippen LogP contribution in [0.5, 0.6) is 0 Å². The number of carbonyl (C=O) groups excluding carboxylic acids is 1. The van der Waals surface area contributed by atoms with E-state index in [0.717, 1.165) is 6.26 Å². The number of pyridine rings is 1. The van der Waals surface area contributed by atoms with Gasteiger partial charge in [0.25, 0.3) is 11.5 Å². The van der Waals surface area contributed by atoms with Crippen molar-refractivity contribution in [2.45, 2.75) is 18.6 Å². The van der Waals surface area contributed by atoms with E-state index in [1.54, 1.807) is 7.05 Å². The predicted octanol–water partition coefficient (Wildman–Crippen LogP) is -0.0617. The van der Waals surface area contributed by atoms with Crippen molar-refractivity contribution in [3.8, 4) is 0 Å². The molecule has 1 aromatic heterocycles. The van der Waals surface area contributed by atoms with Crippen LogP contribution in [0.1, 0.15) is 24.2 Å². The Hall–Kier alpha value is -1.63. The van der Waals surface area contributed by atoms with Crippen molar-refractivity contribution in [3.05, 3.63) is 34.2 Å². The summed E-state index contributed by atoms with van der Waals surface area (Å²) in [5, 5.41) is 2.53. The van der Waals surface area contributed by atoms with E-state index in [-0.39, 0.29) is 17.7 Å². The second-order valence-corrected chi connectivity index (χ2v) is 7.73. The Bertz CT molecular complexity index is 644. The molecule has 0 unspecified atom stereocenters. The van der Waals surface area contributed by atoms with Crippen LogP contribution in [0.3, 0.4) is 0 Å². The van der Waals surface area contributed by atoms with E-state index in [4.69, 9.17) is 0 Å². The maximum Gasteiger partial charge on any atom is 0.251 e. The minimum Gasteiger partial charge on any atom is -0.350 e. The van der Waals surface area contributed by atoms with Crippen LogP contribution in [0.4, 0.5) is 0 Å². The molecule has 0 aliphatic rings. The van der Waals surface area contributed by atoms with Gasteiger partial charge in [-0.1, -0.05) is 0 Å². The van der Waals surface area contributed by atoms with E-state index < -0.39 is 20.5 Å². The normalized spacial score (nSPS) is 12.2. The smallest absolute Gasteiger partial charge is 0.251 e. The average molecular weight is 286 g/mol. The summed E-state index contributed by atoms with van der Waals surface area (Å²) in [5.41, 5.74) is -0.0811. The SMILES string of the molecule is Cn1ccc(C(=O)NCC(C)(C)S(C)(=O)=O)cc1=O. The van der Waals surface area contributed by atoms with Gasteiger partial charge in [-0.05, 0) is 19.9 Å². The van der Waals surface area contributed by atoms with Gasteiger partial charge in [-0.2, -0.15) is 0 Å². The molecule has 1 aromatic rings. The van der Waals surface area contributed by atoms with E-state index in [2.05, 4.69) is 5.32 Å². The van der Waals surface area contributed by atoms with Gasteiger partial charge < -0.3 is 9.88 Å². The molecule has 0 saturated carbocycles. The average Bonchev–Trinajstić information content (AvgIpc) is 2.28. The molecule has 0 spiro atoms. The summed E-state index contributed by atoms with van der Waals surface area (Å²) in [4.78, 5) is 23.2. The fourth-order valence-corrected chi connectivity index (χ4v) is 1.55. The summed E-state index contributed by atoms with van der Waals surface area (Å²) in [6.07, 6.45) is 2.61. The van der Waals surface area contributed by atoms with Crippen molar-refractivity contribution in [1.29, 1.82) is 0 Å². The largest absolute Gasteiger partial charge is 0.350 e. The lowest BCUT2D eigenvalue weighted by Gasteiger charge is -2.22. The molecule has 106 valence electrons. The molecule has 0 bridgehead atoms. The van der Waals surface area contributed by atoms with Crippen molar-refractivity contribution in [3.63, 3.8) is 0 Å². The molecule has 19 heavy (non-hydrogen) atoms. The molecule has 0 fully saturated rings. The number of sulfone groups is 1. The third-order valence-corrected chi connectivity index (χ3v) is 5.20. The third kappa shape index (κ3) is 3.66. The van der Waals surface area contributed by atoms with Gasteiger partial charge in [-0.3, -0.25) is 9.59 Å².